The molecule has 0 aromatic heterocycles. The third-order valence-corrected chi connectivity index (χ3v) is 4.31. The summed E-state index contributed by atoms with van der Waals surface area (Å²) in [4.78, 5) is 4.21. The quantitative estimate of drug-likeness (QED) is 0.420. The first-order valence-corrected chi connectivity index (χ1v) is 9.86. The molecule has 2 aromatic rings. The summed E-state index contributed by atoms with van der Waals surface area (Å²) in [5.74, 6) is 1.38. The number of amidine groups is 1. The molecule has 2 aromatic carbocycles. The summed E-state index contributed by atoms with van der Waals surface area (Å²) in [6, 6.07) is 15.4. The number of ether oxygens (including phenoxy) is 1. The lowest BCUT2D eigenvalue weighted by Crippen LogP contribution is -2.31. The van der Waals surface area contributed by atoms with Crippen LogP contribution in [0.3, 0.4) is 0 Å². The van der Waals surface area contributed by atoms with Crippen molar-refractivity contribution in [1.29, 1.82) is 5.26 Å². The van der Waals surface area contributed by atoms with Crippen LogP contribution in [0, 0.1) is 11.3 Å². The van der Waals surface area contributed by atoms with Crippen LogP contribution in [0.15, 0.2) is 82.1 Å². The van der Waals surface area contributed by atoms with Crippen molar-refractivity contribution in [1.82, 2.24) is 5.32 Å². The molecule has 6 heteroatoms. The molecule has 0 amide bonds. The normalized spacial score (nSPS) is 15.2. The van der Waals surface area contributed by atoms with Crippen molar-refractivity contribution in [2.45, 2.75) is 26.4 Å². The molecule has 0 radical (unpaired) electrons. The van der Waals surface area contributed by atoms with Gasteiger partial charge in [-0.25, -0.2) is 0 Å². The molecular weight excluding hydrogens is 374 g/mol. The van der Waals surface area contributed by atoms with Gasteiger partial charge in [-0.1, -0.05) is 50.3 Å². The number of azo groups is 1. The van der Waals surface area contributed by atoms with Gasteiger partial charge in [-0.15, -0.1) is 5.11 Å². The lowest BCUT2D eigenvalue weighted by atomic mass is 10.0. The summed E-state index contributed by atoms with van der Waals surface area (Å²) in [6.45, 7) is 4.43. The van der Waals surface area contributed by atoms with Crippen molar-refractivity contribution in [3.8, 4) is 22.9 Å². The molecule has 6 nitrogen and oxygen atoms in total. The number of rotatable bonds is 5. The lowest BCUT2D eigenvalue weighted by molar-refractivity contribution is 0.416. The zero-order valence-corrected chi connectivity index (χ0v) is 17.8. The van der Waals surface area contributed by atoms with Crippen LogP contribution in [0.5, 0.6) is 5.75 Å². The average Bonchev–Trinajstić information content (AvgIpc) is 2.83. The fourth-order valence-corrected chi connectivity index (χ4v) is 2.84. The number of hydrogen-bond acceptors (Lipinski definition) is 5. The maximum absolute atomic E-state index is 8.95. The number of methoxy groups -OCH3 is 1. The highest BCUT2D eigenvalue weighted by molar-refractivity contribution is 5.89. The molecule has 1 aliphatic rings. The summed E-state index contributed by atoms with van der Waals surface area (Å²) < 4.78 is 5.55. The monoisotopic (exact) mass is 401 g/mol. The van der Waals surface area contributed by atoms with Gasteiger partial charge in [0.25, 0.3) is 0 Å². The van der Waals surface area contributed by atoms with E-state index >= 15 is 0 Å². The van der Waals surface area contributed by atoms with Gasteiger partial charge in [0.05, 0.1) is 25.3 Å². The fraction of sp³-hybridized carbons (Fsp3) is 0.250. The number of nitrogens with one attached hydrogen (secondary N) is 1. The summed E-state index contributed by atoms with van der Waals surface area (Å²) in [5.41, 5.74) is 3.57. The first kappa shape index (κ1) is 22.6. The third-order valence-electron chi connectivity index (χ3n) is 4.31. The van der Waals surface area contributed by atoms with Crippen molar-refractivity contribution in [2.75, 3.05) is 14.2 Å². The van der Waals surface area contributed by atoms with Crippen LogP contribution >= 0.6 is 0 Å². The summed E-state index contributed by atoms with van der Waals surface area (Å²) in [6.07, 6.45) is 7.71. The molecule has 1 N–H and O–H groups in total. The van der Waals surface area contributed by atoms with E-state index in [0.29, 0.717) is 17.9 Å². The van der Waals surface area contributed by atoms with Gasteiger partial charge in [0.1, 0.15) is 11.8 Å². The number of aliphatic imine (C=N–C) groups is 1. The summed E-state index contributed by atoms with van der Waals surface area (Å²) >= 11 is 0. The maximum Gasteiger partial charge on any atom is 0.172 e. The first-order valence-electron chi connectivity index (χ1n) is 9.86. The van der Waals surface area contributed by atoms with E-state index in [9.17, 15) is 0 Å². The van der Waals surface area contributed by atoms with Gasteiger partial charge in [-0.05, 0) is 41.6 Å². The van der Waals surface area contributed by atoms with E-state index in [4.69, 9.17) is 10.00 Å². The molecule has 0 saturated heterocycles. The Hall–Kier alpha value is -3.72. The van der Waals surface area contributed by atoms with Crippen molar-refractivity contribution in [2.24, 2.45) is 15.2 Å². The van der Waals surface area contributed by atoms with Gasteiger partial charge >= 0.3 is 0 Å². The number of nitrogens with zero attached hydrogens (tertiary/aromatic N) is 4. The smallest absolute Gasteiger partial charge is 0.172 e. The Morgan fingerprint density at radius 1 is 1.13 bits per heavy atom. The van der Waals surface area contributed by atoms with E-state index in [2.05, 4.69) is 26.6 Å². The largest absolute Gasteiger partial charge is 0.496 e. The van der Waals surface area contributed by atoms with Gasteiger partial charge in [0, 0.05) is 12.6 Å². The summed E-state index contributed by atoms with van der Waals surface area (Å²) in [7, 11) is 3.35. The Labute approximate surface area is 178 Å². The topological polar surface area (TPSA) is 82.1 Å². The highest BCUT2D eigenvalue weighted by atomic mass is 16.5. The van der Waals surface area contributed by atoms with E-state index < -0.39 is 0 Å². The molecular formula is C24H27N5O. The minimum absolute atomic E-state index is 0.0629. The first-order chi connectivity index (χ1) is 14.7. The highest BCUT2D eigenvalue weighted by Gasteiger charge is 2.11. The van der Waals surface area contributed by atoms with Gasteiger partial charge in [-0.2, -0.15) is 10.4 Å². The third kappa shape index (κ3) is 5.89. The van der Waals surface area contributed by atoms with Crippen molar-refractivity contribution >= 4 is 5.84 Å². The number of hydrogen-bond donors (Lipinski definition) is 1. The van der Waals surface area contributed by atoms with Crippen molar-refractivity contribution in [3.63, 3.8) is 0 Å². The minimum atomic E-state index is -0.0629. The standard InChI is InChI=1S/C22H21N5O.C2H6/c1-24-22(20-5-3-4-12-25-20)27-26-15-17-8-11-19(21(13-17)28-2)18-9-6-16(14-23)7-10-18;1-2/h3-13,20,25H,15H2,1-2H3;1-2H3. The molecule has 1 unspecified atom stereocenters. The zero-order valence-electron chi connectivity index (χ0n) is 17.8. The molecule has 1 atom stereocenters. The molecule has 3 rings (SSSR count). The molecule has 0 aliphatic carbocycles. The second-order valence-corrected chi connectivity index (χ2v) is 6.09. The zero-order chi connectivity index (χ0) is 21.8. The van der Waals surface area contributed by atoms with Crippen LogP contribution in [0.4, 0.5) is 0 Å². The molecule has 1 heterocycles. The van der Waals surface area contributed by atoms with E-state index in [1.54, 1.807) is 26.3 Å². The SMILES string of the molecule is CC.CN=C(N=NCc1ccc(-c2ccc(C#N)cc2)c(OC)c1)C1C=CC=CN1. The molecule has 0 spiro atoms. The molecule has 0 bridgehead atoms. The van der Waals surface area contributed by atoms with E-state index in [1.807, 2.05) is 68.6 Å². The molecule has 0 saturated carbocycles. The second-order valence-electron chi connectivity index (χ2n) is 6.09. The molecule has 154 valence electrons. The predicted molar refractivity (Wildman–Crippen MR) is 122 cm³/mol. The van der Waals surface area contributed by atoms with E-state index in [1.165, 1.54) is 0 Å². The fourth-order valence-electron chi connectivity index (χ4n) is 2.84. The van der Waals surface area contributed by atoms with Crippen LogP contribution in [-0.4, -0.2) is 26.0 Å². The van der Waals surface area contributed by atoms with Crippen LogP contribution < -0.4 is 10.1 Å². The highest BCUT2D eigenvalue weighted by Crippen LogP contribution is 2.31. The molecule has 0 fully saturated rings. The number of dihydropyridines is 1. The molecule has 30 heavy (non-hydrogen) atoms. The maximum atomic E-state index is 8.95. The predicted octanol–water partition coefficient (Wildman–Crippen LogP) is 5.28. The van der Waals surface area contributed by atoms with Crippen LogP contribution in [0.25, 0.3) is 11.1 Å². The van der Waals surface area contributed by atoms with Gasteiger partial charge < -0.3 is 10.1 Å². The van der Waals surface area contributed by atoms with E-state index in [0.717, 1.165) is 22.4 Å². The second kappa shape index (κ2) is 12.0. The Bertz CT molecular complexity index is 982. The Morgan fingerprint density at radius 3 is 2.50 bits per heavy atom. The van der Waals surface area contributed by atoms with Crippen molar-refractivity contribution in [3.05, 3.63) is 78.0 Å². The Kier molecular flexibility index (Phi) is 9.01. The van der Waals surface area contributed by atoms with Gasteiger partial charge in [-0.3, -0.25) is 4.99 Å². The average molecular weight is 402 g/mol. The Morgan fingerprint density at radius 2 is 1.90 bits per heavy atom. The van der Waals surface area contributed by atoms with Crippen LogP contribution in [0.2, 0.25) is 0 Å². The minimum Gasteiger partial charge on any atom is -0.496 e. The van der Waals surface area contributed by atoms with Gasteiger partial charge in [0.2, 0.25) is 0 Å². The lowest BCUT2D eigenvalue weighted by Gasteiger charge is -2.14. The van der Waals surface area contributed by atoms with Crippen LogP contribution in [0.1, 0.15) is 25.0 Å². The van der Waals surface area contributed by atoms with Crippen LogP contribution in [-0.2, 0) is 6.54 Å². The number of nitriles is 1. The van der Waals surface area contributed by atoms with Gasteiger partial charge in [0.15, 0.2) is 5.84 Å². The van der Waals surface area contributed by atoms with E-state index in [-0.39, 0.29) is 6.04 Å². The number of allylic oxidation sites excluding steroid dienone is 2. The van der Waals surface area contributed by atoms with Crippen molar-refractivity contribution < 1.29 is 4.74 Å². The number of benzene rings is 2. The Balaban J connectivity index is 0.00000155. The molecule has 1 aliphatic heterocycles. The summed E-state index contributed by atoms with van der Waals surface area (Å²) in [5, 5.41) is 20.7.